The first-order valence-corrected chi connectivity index (χ1v) is 5.81. The number of ether oxygens (including phenoxy) is 2. The maximum atomic E-state index is 5.36. The zero-order valence-corrected chi connectivity index (χ0v) is 9.74. The summed E-state index contributed by atoms with van der Waals surface area (Å²) >= 11 is 0. The Morgan fingerprint density at radius 3 is 3.06 bits per heavy atom. The van der Waals surface area contributed by atoms with Gasteiger partial charge in [0.2, 0.25) is 0 Å². The molecule has 1 N–H and O–H groups in total. The standard InChI is InChI=1S/C13H19NO2/c1-15-8-6-11-4-2-3-5-13(11)14-12-7-9-16-10-12/h2-5,12,14H,6-10H2,1H3. The van der Waals surface area contributed by atoms with Crippen molar-refractivity contribution in [3.05, 3.63) is 29.8 Å². The quantitative estimate of drug-likeness (QED) is 0.825. The summed E-state index contributed by atoms with van der Waals surface area (Å²) in [4.78, 5) is 0. The molecule has 0 saturated carbocycles. The number of methoxy groups -OCH3 is 1. The molecular weight excluding hydrogens is 202 g/mol. The molecule has 3 nitrogen and oxygen atoms in total. The Balaban J connectivity index is 2.00. The molecule has 1 aromatic rings. The lowest BCUT2D eigenvalue weighted by atomic mass is 10.1. The van der Waals surface area contributed by atoms with Crippen LogP contribution in [0.2, 0.25) is 0 Å². The second kappa shape index (κ2) is 5.87. The molecular formula is C13H19NO2. The van der Waals surface area contributed by atoms with E-state index in [0.717, 1.165) is 32.7 Å². The highest BCUT2D eigenvalue weighted by Gasteiger charge is 2.15. The largest absolute Gasteiger partial charge is 0.384 e. The molecule has 3 heteroatoms. The summed E-state index contributed by atoms with van der Waals surface area (Å²) in [6.45, 7) is 2.45. The average molecular weight is 221 g/mol. The number of anilines is 1. The molecule has 0 spiro atoms. The summed E-state index contributed by atoms with van der Waals surface area (Å²) in [7, 11) is 1.74. The topological polar surface area (TPSA) is 30.5 Å². The maximum Gasteiger partial charge on any atom is 0.0668 e. The van der Waals surface area contributed by atoms with Crippen molar-refractivity contribution in [3.63, 3.8) is 0 Å². The molecule has 16 heavy (non-hydrogen) atoms. The third-order valence-electron chi connectivity index (χ3n) is 2.88. The van der Waals surface area contributed by atoms with Crippen LogP contribution in [0.25, 0.3) is 0 Å². The lowest BCUT2D eigenvalue weighted by Gasteiger charge is -2.15. The smallest absolute Gasteiger partial charge is 0.0668 e. The van der Waals surface area contributed by atoms with Gasteiger partial charge in [0.15, 0.2) is 0 Å². The predicted molar refractivity (Wildman–Crippen MR) is 64.9 cm³/mol. The zero-order chi connectivity index (χ0) is 11.2. The highest BCUT2D eigenvalue weighted by molar-refractivity contribution is 5.52. The van der Waals surface area contributed by atoms with Gasteiger partial charge in [-0.05, 0) is 24.5 Å². The van der Waals surface area contributed by atoms with Crippen LogP contribution in [-0.4, -0.2) is 33.0 Å². The number of hydrogen-bond donors (Lipinski definition) is 1. The van der Waals surface area contributed by atoms with Crippen LogP contribution in [0.5, 0.6) is 0 Å². The van der Waals surface area contributed by atoms with Crippen molar-refractivity contribution >= 4 is 5.69 Å². The first-order chi connectivity index (χ1) is 7.90. The Bertz CT molecular complexity index is 321. The Labute approximate surface area is 96.8 Å². The van der Waals surface area contributed by atoms with Crippen LogP contribution >= 0.6 is 0 Å². The molecule has 1 fully saturated rings. The van der Waals surface area contributed by atoms with E-state index in [1.54, 1.807) is 7.11 Å². The van der Waals surface area contributed by atoms with Crippen LogP contribution in [0.15, 0.2) is 24.3 Å². The third-order valence-corrected chi connectivity index (χ3v) is 2.88. The second-order valence-corrected chi connectivity index (χ2v) is 4.10. The van der Waals surface area contributed by atoms with Gasteiger partial charge in [-0.1, -0.05) is 18.2 Å². The molecule has 0 aliphatic carbocycles. The predicted octanol–water partition coefficient (Wildman–Crippen LogP) is 2.08. The van der Waals surface area contributed by atoms with Gasteiger partial charge in [-0.3, -0.25) is 0 Å². The fraction of sp³-hybridized carbons (Fsp3) is 0.538. The van der Waals surface area contributed by atoms with Crippen LogP contribution in [0.4, 0.5) is 5.69 Å². The Morgan fingerprint density at radius 1 is 1.44 bits per heavy atom. The Hall–Kier alpha value is -1.06. The summed E-state index contributed by atoms with van der Waals surface area (Å²) in [5.41, 5.74) is 2.53. The lowest BCUT2D eigenvalue weighted by molar-refractivity contribution is 0.195. The van der Waals surface area contributed by atoms with Gasteiger partial charge in [-0.25, -0.2) is 0 Å². The van der Waals surface area contributed by atoms with E-state index >= 15 is 0 Å². The number of benzene rings is 1. The molecule has 1 aliphatic rings. The van der Waals surface area contributed by atoms with E-state index in [1.165, 1.54) is 11.3 Å². The van der Waals surface area contributed by atoms with Gasteiger partial charge in [0.1, 0.15) is 0 Å². The monoisotopic (exact) mass is 221 g/mol. The minimum Gasteiger partial charge on any atom is -0.384 e. The van der Waals surface area contributed by atoms with Crippen LogP contribution in [0.3, 0.4) is 0 Å². The van der Waals surface area contributed by atoms with Crippen LogP contribution in [0, 0.1) is 0 Å². The fourth-order valence-corrected chi connectivity index (χ4v) is 1.96. The van der Waals surface area contributed by atoms with Gasteiger partial charge < -0.3 is 14.8 Å². The molecule has 0 aromatic heterocycles. The van der Waals surface area contributed by atoms with E-state index in [2.05, 4.69) is 29.6 Å². The van der Waals surface area contributed by atoms with E-state index in [0.29, 0.717) is 6.04 Å². The van der Waals surface area contributed by atoms with E-state index in [4.69, 9.17) is 9.47 Å². The fourth-order valence-electron chi connectivity index (χ4n) is 1.96. The van der Waals surface area contributed by atoms with Crippen molar-refractivity contribution in [3.8, 4) is 0 Å². The second-order valence-electron chi connectivity index (χ2n) is 4.10. The highest BCUT2D eigenvalue weighted by atomic mass is 16.5. The summed E-state index contributed by atoms with van der Waals surface area (Å²) in [5, 5.41) is 3.54. The molecule has 1 aliphatic heterocycles. The van der Waals surface area contributed by atoms with Crippen molar-refractivity contribution in [1.82, 2.24) is 0 Å². The van der Waals surface area contributed by atoms with E-state index in [9.17, 15) is 0 Å². The molecule has 2 rings (SSSR count). The molecule has 1 saturated heterocycles. The van der Waals surface area contributed by atoms with E-state index < -0.39 is 0 Å². The molecule has 0 amide bonds. The minimum absolute atomic E-state index is 0.462. The zero-order valence-electron chi connectivity index (χ0n) is 9.74. The molecule has 0 bridgehead atoms. The molecule has 0 radical (unpaired) electrons. The molecule has 88 valence electrons. The van der Waals surface area contributed by atoms with Gasteiger partial charge in [0, 0.05) is 19.4 Å². The van der Waals surface area contributed by atoms with Crippen LogP contribution in [-0.2, 0) is 15.9 Å². The lowest BCUT2D eigenvalue weighted by Crippen LogP contribution is -2.20. The Morgan fingerprint density at radius 2 is 2.31 bits per heavy atom. The van der Waals surface area contributed by atoms with Crippen molar-refractivity contribution in [1.29, 1.82) is 0 Å². The normalized spacial score (nSPS) is 19.9. The van der Waals surface area contributed by atoms with E-state index in [1.807, 2.05) is 0 Å². The third kappa shape index (κ3) is 2.97. The van der Waals surface area contributed by atoms with E-state index in [-0.39, 0.29) is 0 Å². The number of para-hydroxylation sites is 1. The van der Waals surface area contributed by atoms with Gasteiger partial charge in [-0.2, -0.15) is 0 Å². The number of nitrogens with one attached hydrogen (secondary N) is 1. The summed E-state index contributed by atoms with van der Waals surface area (Å²) in [6, 6.07) is 8.87. The number of rotatable bonds is 5. The van der Waals surface area contributed by atoms with Crippen molar-refractivity contribution in [2.24, 2.45) is 0 Å². The first-order valence-electron chi connectivity index (χ1n) is 5.81. The average Bonchev–Trinajstić information content (AvgIpc) is 2.81. The minimum atomic E-state index is 0.462. The molecule has 1 heterocycles. The van der Waals surface area contributed by atoms with Gasteiger partial charge in [0.25, 0.3) is 0 Å². The summed E-state index contributed by atoms with van der Waals surface area (Å²) in [5.74, 6) is 0. The maximum absolute atomic E-state index is 5.36. The molecule has 1 atom stereocenters. The Kier molecular flexibility index (Phi) is 4.19. The highest BCUT2D eigenvalue weighted by Crippen LogP contribution is 2.19. The van der Waals surface area contributed by atoms with Gasteiger partial charge >= 0.3 is 0 Å². The number of hydrogen-bond acceptors (Lipinski definition) is 3. The molecule has 1 aromatic carbocycles. The molecule has 1 unspecified atom stereocenters. The van der Waals surface area contributed by atoms with Gasteiger partial charge in [-0.15, -0.1) is 0 Å². The van der Waals surface area contributed by atoms with Gasteiger partial charge in [0.05, 0.1) is 19.3 Å². The summed E-state index contributed by atoms with van der Waals surface area (Å²) in [6.07, 6.45) is 2.05. The van der Waals surface area contributed by atoms with Crippen molar-refractivity contribution < 1.29 is 9.47 Å². The van der Waals surface area contributed by atoms with Crippen molar-refractivity contribution in [2.75, 3.05) is 32.2 Å². The SMILES string of the molecule is COCCc1ccccc1NC1CCOC1. The van der Waals surface area contributed by atoms with Crippen LogP contribution in [0.1, 0.15) is 12.0 Å². The van der Waals surface area contributed by atoms with Crippen LogP contribution < -0.4 is 5.32 Å². The summed E-state index contributed by atoms with van der Waals surface area (Å²) < 4.78 is 10.5. The van der Waals surface area contributed by atoms with Crippen molar-refractivity contribution in [2.45, 2.75) is 18.9 Å². The first kappa shape index (κ1) is 11.4.